The van der Waals surface area contributed by atoms with Gasteiger partial charge in [0.05, 0.1) is 0 Å². The van der Waals surface area contributed by atoms with E-state index in [1.165, 1.54) is 32.5 Å². The third-order valence-electron chi connectivity index (χ3n) is 2.70. The molecule has 1 heterocycles. The zero-order valence-corrected chi connectivity index (χ0v) is 9.56. The van der Waals surface area contributed by atoms with Crippen LogP contribution in [0, 0.1) is 5.41 Å². The van der Waals surface area contributed by atoms with E-state index < -0.39 is 0 Å². The first-order valence-corrected chi connectivity index (χ1v) is 5.35. The lowest BCUT2D eigenvalue weighted by molar-refractivity contribution is 0.240. The van der Waals surface area contributed by atoms with Gasteiger partial charge < -0.3 is 0 Å². The van der Waals surface area contributed by atoms with Crippen molar-refractivity contribution < 1.29 is 0 Å². The Labute approximate surface area is 82.8 Å². The maximum absolute atomic E-state index is 2.55. The molecule has 0 aromatic rings. The van der Waals surface area contributed by atoms with Crippen molar-refractivity contribution in [3.63, 3.8) is 0 Å². The van der Waals surface area contributed by atoms with Crippen LogP contribution in [-0.2, 0) is 0 Å². The van der Waals surface area contributed by atoms with Gasteiger partial charge in [-0.05, 0) is 31.7 Å². The monoisotopic (exact) mass is 181 g/mol. The maximum Gasteiger partial charge on any atom is 0.0165 e. The lowest BCUT2D eigenvalue weighted by atomic mass is 9.92. The van der Waals surface area contributed by atoms with E-state index in [2.05, 4.69) is 38.7 Å². The number of hydrogen-bond donors (Lipinski definition) is 0. The van der Waals surface area contributed by atoms with Crippen LogP contribution >= 0.6 is 0 Å². The average molecular weight is 181 g/mol. The molecule has 0 N–H and O–H groups in total. The minimum atomic E-state index is 0.482. The molecule has 13 heavy (non-hydrogen) atoms. The predicted molar refractivity (Wildman–Crippen MR) is 58.9 cm³/mol. The number of hydrogen-bond acceptors (Lipinski definition) is 1. The largest absolute Gasteiger partial charge is 0.299 e. The SMILES string of the molecule is CC1=CCN(CCC(C)(C)C)CC1. The van der Waals surface area contributed by atoms with Crippen molar-refractivity contribution in [3.05, 3.63) is 11.6 Å². The molecular formula is C12H23N. The first-order valence-electron chi connectivity index (χ1n) is 5.35. The van der Waals surface area contributed by atoms with Gasteiger partial charge in [-0.2, -0.15) is 0 Å². The van der Waals surface area contributed by atoms with Crippen molar-refractivity contribution in [2.45, 2.75) is 40.5 Å². The summed E-state index contributed by atoms with van der Waals surface area (Å²) < 4.78 is 0. The predicted octanol–water partition coefficient (Wildman–Crippen LogP) is 3.07. The first-order chi connectivity index (χ1) is 5.97. The van der Waals surface area contributed by atoms with Gasteiger partial charge in [-0.25, -0.2) is 0 Å². The highest BCUT2D eigenvalue weighted by atomic mass is 15.1. The molecular weight excluding hydrogens is 158 g/mol. The fourth-order valence-corrected chi connectivity index (χ4v) is 1.51. The van der Waals surface area contributed by atoms with Gasteiger partial charge in [0, 0.05) is 13.1 Å². The van der Waals surface area contributed by atoms with Crippen LogP contribution in [0.4, 0.5) is 0 Å². The average Bonchev–Trinajstić information content (AvgIpc) is 2.02. The Kier molecular flexibility index (Phi) is 3.55. The lowest BCUT2D eigenvalue weighted by Gasteiger charge is -2.28. The molecule has 0 radical (unpaired) electrons. The summed E-state index contributed by atoms with van der Waals surface area (Å²) in [6.07, 6.45) is 4.94. The number of nitrogens with zero attached hydrogens (tertiary/aromatic N) is 1. The minimum absolute atomic E-state index is 0.482. The normalized spacial score (nSPS) is 20.2. The van der Waals surface area contributed by atoms with Gasteiger partial charge in [0.1, 0.15) is 0 Å². The molecule has 1 heteroatoms. The molecule has 0 amide bonds. The van der Waals surface area contributed by atoms with Crippen molar-refractivity contribution in [1.82, 2.24) is 4.90 Å². The minimum Gasteiger partial charge on any atom is -0.299 e. The zero-order chi connectivity index (χ0) is 9.90. The van der Waals surface area contributed by atoms with Crippen molar-refractivity contribution >= 4 is 0 Å². The summed E-state index contributed by atoms with van der Waals surface area (Å²) in [6.45, 7) is 12.9. The quantitative estimate of drug-likeness (QED) is 0.592. The van der Waals surface area contributed by atoms with Crippen LogP contribution in [0.5, 0.6) is 0 Å². The molecule has 0 spiro atoms. The van der Waals surface area contributed by atoms with E-state index >= 15 is 0 Å². The maximum atomic E-state index is 2.55. The fourth-order valence-electron chi connectivity index (χ4n) is 1.51. The summed E-state index contributed by atoms with van der Waals surface area (Å²) in [5, 5.41) is 0. The molecule has 1 aliphatic heterocycles. The standard InChI is InChI=1S/C12H23N/c1-11-5-8-13(9-6-11)10-7-12(2,3)4/h5H,6-10H2,1-4H3. The third-order valence-corrected chi connectivity index (χ3v) is 2.70. The Morgan fingerprint density at radius 1 is 1.38 bits per heavy atom. The summed E-state index contributed by atoms with van der Waals surface area (Å²) >= 11 is 0. The van der Waals surface area contributed by atoms with E-state index in [4.69, 9.17) is 0 Å². The molecule has 0 unspecified atom stereocenters. The van der Waals surface area contributed by atoms with E-state index in [1.54, 1.807) is 5.57 Å². The van der Waals surface area contributed by atoms with Gasteiger partial charge in [-0.3, -0.25) is 4.90 Å². The first kappa shape index (κ1) is 10.8. The molecule has 1 rings (SSSR count). The van der Waals surface area contributed by atoms with Gasteiger partial charge >= 0.3 is 0 Å². The second-order valence-corrected chi connectivity index (χ2v) is 5.41. The van der Waals surface area contributed by atoms with Gasteiger partial charge in [0.25, 0.3) is 0 Å². The Morgan fingerprint density at radius 3 is 2.54 bits per heavy atom. The Morgan fingerprint density at radius 2 is 2.08 bits per heavy atom. The van der Waals surface area contributed by atoms with E-state index in [9.17, 15) is 0 Å². The van der Waals surface area contributed by atoms with Crippen molar-refractivity contribution in [1.29, 1.82) is 0 Å². The Bertz CT molecular complexity index is 186. The number of rotatable bonds is 2. The van der Waals surface area contributed by atoms with Crippen LogP contribution in [-0.4, -0.2) is 24.5 Å². The summed E-state index contributed by atoms with van der Waals surface area (Å²) in [5.74, 6) is 0. The van der Waals surface area contributed by atoms with Gasteiger partial charge in [-0.15, -0.1) is 0 Å². The molecule has 0 saturated carbocycles. The molecule has 0 bridgehead atoms. The molecule has 76 valence electrons. The highest BCUT2D eigenvalue weighted by molar-refractivity contribution is 5.03. The molecule has 0 aromatic heterocycles. The topological polar surface area (TPSA) is 3.24 Å². The van der Waals surface area contributed by atoms with E-state index in [0.29, 0.717) is 5.41 Å². The van der Waals surface area contributed by atoms with Crippen molar-refractivity contribution in [3.8, 4) is 0 Å². The van der Waals surface area contributed by atoms with Crippen LogP contribution in [0.15, 0.2) is 11.6 Å². The summed E-state index contributed by atoms with van der Waals surface area (Å²) in [5.41, 5.74) is 2.04. The van der Waals surface area contributed by atoms with E-state index in [-0.39, 0.29) is 0 Å². The van der Waals surface area contributed by atoms with Crippen LogP contribution in [0.25, 0.3) is 0 Å². The molecule has 0 aliphatic carbocycles. The van der Waals surface area contributed by atoms with Gasteiger partial charge in [0.2, 0.25) is 0 Å². The summed E-state index contributed by atoms with van der Waals surface area (Å²) in [7, 11) is 0. The molecule has 1 nitrogen and oxygen atoms in total. The van der Waals surface area contributed by atoms with Gasteiger partial charge in [0.15, 0.2) is 0 Å². The molecule has 1 aliphatic rings. The highest BCUT2D eigenvalue weighted by Gasteiger charge is 2.14. The third kappa shape index (κ3) is 4.47. The van der Waals surface area contributed by atoms with Crippen LogP contribution in [0.2, 0.25) is 0 Å². The zero-order valence-electron chi connectivity index (χ0n) is 9.56. The Hall–Kier alpha value is -0.300. The van der Waals surface area contributed by atoms with E-state index in [1.807, 2.05) is 0 Å². The molecule has 0 saturated heterocycles. The fraction of sp³-hybridized carbons (Fsp3) is 0.833. The van der Waals surface area contributed by atoms with Gasteiger partial charge in [-0.1, -0.05) is 32.4 Å². The Balaban J connectivity index is 2.24. The lowest BCUT2D eigenvalue weighted by Crippen LogP contribution is -2.31. The smallest absolute Gasteiger partial charge is 0.0165 e. The molecule has 0 aromatic carbocycles. The second kappa shape index (κ2) is 4.28. The molecule has 0 fully saturated rings. The van der Waals surface area contributed by atoms with Crippen LogP contribution in [0.1, 0.15) is 40.5 Å². The highest BCUT2D eigenvalue weighted by Crippen LogP contribution is 2.20. The van der Waals surface area contributed by atoms with E-state index in [0.717, 1.165) is 0 Å². The molecule has 0 atom stereocenters. The van der Waals surface area contributed by atoms with Crippen LogP contribution in [0.3, 0.4) is 0 Å². The van der Waals surface area contributed by atoms with Crippen molar-refractivity contribution in [2.24, 2.45) is 5.41 Å². The van der Waals surface area contributed by atoms with Crippen LogP contribution < -0.4 is 0 Å². The second-order valence-electron chi connectivity index (χ2n) is 5.41. The summed E-state index contributed by atoms with van der Waals surface area (Å²) in [6, 6.07) is 0. The summed E-state index contributed by atoms with van der Waals surface area (Å²) in [4.78, 5) is 2.55. The van der Waals surface area contributed by atoms with Crippen molar-refractivity contribution in [2.75, 3.05) is 19.6 Å².